The van der Waals surface area contributed by atoms with Crippen LogP contribution in [0.1, 0.15) is 32.4 Å². The molecular formula is C18H22Cl2N2O5. The second kappa shape index (κ2) is 8.71. The zero-order valence-electron chi connectivity index (χ0n) is 15.7. The third-order valence-corrected chi connectivity index (χ3v) is 4.68. The Morgan fingerprint density at radius 1 is 1.22 bits per heavy atom. The average molecular weight is 417 g/mol. The van der Waals surface area contributed by atoms with Crippen LogP contribution in [0.4, 0.5) is 4.79 Å². The van der Waals surface area contributed by atoms with Crippen LogP contribution in [0, 0.1) is 5.92 Å². The van der Waals surface area contributed by atoms with Crippen molar-refractivity contribution in [3.8, 4) is 11.5 Å². The maximum Gasteiger partial charge on any atom is 0.338 e. The van der Waals surface area contributed by atoms with Gasteiger partial charge in [0.1, 0.15) is 10.8 Å². The van der Waals surface area contributed by atoms with Crippen molar-refractivity contribution in [2.45, 2.75) is 26.8 Å². The number of halogens is 2. The highest BCUT2D eigenvalue weighted by molar-refractivity contribution is 6.38. The summed E-state index contributed by atoms with van der Waals surface area (Å²) in [5.41, 5.74) is 1.15. The minimum absolute atomic E-state index is 0.131. The minimum Gasteiger partial charge on any atom is -0.495 e. The number of carbonyl (C=O) groups is 2. The van der Waals surface area contributed by atoms with Crippen LogP contribution >= 0.6 is 23.2 Å². The number of nitrogens with one attached hydrogen (secondary N) is 2. The normalized spacial score (nSPS) is 16.7. The summed E-state index contributed by atoms with van der Waals surface area (Å²) in [5.74, 6) is -0.197. The highest BCUT2D eigenvalue weighted by atomic mass is 35.5. The van der Waals surface area contributed by atoms with Crippen molar-refractivity contribution < 1.29 is 23.8 Å². The Bertz CT molecular complexity index is 792. The lowest BCUT2D eigenvalue weighted by molar-refractivity contribution is -0.139. The number of carbonyl (C=O) groups excluding carboxylic acids is 2. The average Bonchev–Trinajstić information content (AvgIpc) is 2.60. The van der Waals surface area contributed by atoms with Crippen molar-refractivity contribution in [3.63, 3.8) is 0 Å². The van der Waals surface area contributed by atoms with Gasteiger partial charge in [-0.05, 0) is 18.9 Å². The molecule has 0 bridgehead atoms. The summed E-state index contributed by atoms with van der Waals surface area (Å²) in [6.07, 6.45) is 0. The fourth-order valence-corrected chi connectivity index (χ4v) is 3.62. The molecule has 0 saturated heterocycles. The first-order valence-corrected chi connectivity index (χ1v) is 9.10. The molecule has 0 aliphatic carbocycles. The molecule has 1 unspecified atom stereocenters. The number of urea groups is 1. The number of hydrogen-bond acceptors (Lipinski definition) is 5. The van der Waals surface area contributed by atoms with E-state index in [9.17, 15) is 9.59 Å². The molecule has 2 rings (SSSR count). The maximum atomic E-state index is 12.7. The van der Waals surface area contributed by atoms with Crippen molar-refractivity contribution in [1.29, 1.82) is 0 Å². The number of ether oxygens (including phenoxy) is 3. The zero-order chi connectivity index (χ0) is 20.3. The van der Waals surface area contributed by atoms with E-state index in [1.165, 1.54) is 14.2 Å². The smallest absolute Gasteiger partial charge is 0.338 e. The lowest BCUT2D eigenvalue weighted by Gasteiger charge is -2.32. The van der Waals surface area contributed by atoms with E-state index in [0.717, 1.165) is 0 Å². The molecule has 148 valence electrons. The molecular weight excluding hydrogens is 395 g/mol. The number of allylic oxidation sites excluding steroid dienone is 1. The summed E-state index contributed by atoms with van der Waals surface area (Å²) in [6, 6.07) is 0.242. The van der Waals surface area contributed by atoms with Gasteiger partial charge < -0.3 is 24.8 Å². The molecule has 2 amide bonds. The van der Waals surface area contributed by atoms with Crippen LogP contribution in [-0.2, 0) is 9.53 Å². The number of amides is 2. The van der Waals surface area contributed by atoms with Crippen molar-refractivity contribution in [2.24, 2.45) is 5.92 Å². The molecule has 1 aliphatic heterocycles. The summed E-state index contributed by atoms with van der Waals surface area (Å²) in [7, 11) is 2.86. The summed E-state index contributed by atoms with van der Waals surface area (Å²) in [5, 5.41) is 5.78. The largest absolute Gasteiger partial charge is 0.495 e. The third-order valence-electron chi connectivity index (χ3n) is 4.05. The van der Waals surface area contributed by atoms with Crippen molar-refractivity contribution >= 4 is 35.2 Å². The van der Waals surface area contributed by atoms with Crippen molar-refractivity contribution in [2.75, 3.05) is 20.8 Å². The van der Waals surface area contributed by atoms with Crippen LogP contribution < -0.4 is 20.1 Å². The monoisotopic (exact) mass is 416 g/mol. The Kier molecular flexibility index (Phi) is 6.84. The Hall–Kier alpha value is -2.12. The van der Waals surface area contributed by atoms with Crippen LogP contribution in [0.25, 0.3) is 0 Å². The molecule has 27 heavy (non-hydrogen) atoms. The quantitative estimate of drug-likeness (QED) is 0.687. The van der Waals surface area contributed by atoms with Gasteiger partial charge in [-0.25, -0.2) is 9.59 Å². The molecule has 0 saturated carbocycles. The SMILES string of the molecule is CCOC(=O)C1=C(C(C)C)NC(=O)NC1c1cc(Cl)c(OC)c(Cl)c1OC. The van der Waals surface area contributed by atoms with Gasteiger partial charge in [0, 0.05) is 11.3 Å². The predicted octanol–water partition coefficient (Wildman–Crippen LogP) is 3.84. The molecule has 0 aromatic heterocycles. The van der Waals surface area contributed by atoms with E-state index in [2.05, 4.69) is 10.6 Å². The van der Waals surface area contributed by atoms with Crippen LogP contribution in [-0.4, -0.2) is 32.8 Å². The Labute approximate surface area is 167 Å². The van der Waals surface area contributed by atoms with E-state index in [-0.39, 0.29) is 39.6 Å². The third kappa shape index (κ3) is 4.09. The van der Waals surface area contributed by atoms with E-state index in [1.54, 1.807) is 13.0 Å². The number of hydrogen-bond donors (Lipinski definition) is 2. The van der Waals surface area contributed by atoms with E-state index in [0.29, 0.717) is 11.3 Å². The Balaban J connectivity index is 2.75. The molecule has 1 heterocycles. The maximum absolute atomic E-state index is 12.7. The fourth-order valence-electron chi connectivity index (χ4n) is 2.92. The highest BCUT2D eigenvalue weighted by Gasteiger charge is 2.37. The van der Waals surface area contributed by atoms with E-state index in [4.69, 9.17) is 37.4 Å². The minimum atomic E-state index is -0.856. The molecule has 1 aromatic carbocycles. The molecule has 7 nitrogen and oxygen atoms in total. The first-order chi connectivity index (χ1) is 12.8. The van der Waals surface area contributed by atoms with Gasteiger partial charge in [0.25, 0.3) is 0 Å². The number of benzene rings is 1. The molecule has 9 heteroatoms. The van der Waals surface area contributed by atoms with E-state index in [1.807, 2.05) is 13.8 Å². The lowest BCUT2D eigenvalue weighted by Crippen LogP contribution is -2.47. The molecule has 0 spiro atoms. The van der Waals surface area contributed by atoms with Gasteiger partial charge in [0.2, 0.25) is 0 Å². The van der Waals surface area contributed by atoms with Crippen LogP contribution in [0.2, 0.25) is 10.0 Å². The lowest BCUT2D eigenvalue weighted by atomic mass is 9.91. The molecule has 1 aliphatic rings. The van der Waals surface area contributed by atoms with Gasteiger partial charge in [0.05, 0.1) is 37.5 Å². The second-order valence-corrected chi connectivity index (χ2v) is 6.85. The molecule has 0 radical (unpaired) electrons. The fraction of sp³-hybridized carbons (Fsp3) is 0.444. The Morgan fingerprint density at radius 2 is 1.85 bits per heavy atom. The van der Waals surface area contributed by atoms with Gasteiger partial charge in [0.15, 0.2) is 5.75 Å². The first-order valence-electron chi connectivity index (χ1n) is 8.35. The predicted molar refractivity (Wildman–Crippen MR) is 102 cm³/mol. The zero-order valence-corrected chi connectivity index (χ0v) is 17.2. The van der Waals surface area contributed by atoms with Gasteiger partial charge in [-0.2, -0.15) is 0 Å². The summed E-state index contributed by atoms with van der Waals surface area (Å²) in [4.78, 5) is 24.9. The number of methoxy groups -OCH3 is 2. The number of esters is 1. The van der Waals surface area contributed by atoms with E-state index < -0.39 is 18.0 Å². The van der Waals surface area contributed by atoms with Gasteiger partial charge in [-0.1, -0.05) is 37.0 Å². The summed E-state index contributed by atoms with van der Waals surface area (Å²) >= 11 is 12.6. The summed E-state index contributed by atoms with van der Waals surface area (Å²) < 4.78 is 15.8. The molecule has 1 aromatic rings. The van der Waals surface area contributed by atoms with Crippen LogP contribution in [0.5, 0.6) is 11.5 Å². The number of rotatable bonds is 6. The van der Waals surface area contributed by atoms with Crippen LogP contribution in [0.15, 0.2) is 17.3 Å². The molecule has 2 N–H and O–H groups in total. The topological polar surface area (TPSA) is 85.9 Å². The van der Waals surface area contributed by atoms with Gasteiger partial charge in [-0.3, -0.25) is 0 Å². The Morgan fingerprint density at radius 3 is 2.37 bits per heavy atom. The summed E-state index contributed by atoms with van der Waals surface area (Å²) in [6.45, 7) is 5.62. The van der Waals surface area contributed by atoms with Crippen LogP contribution in [0.3, 0.4) is 0 Å². The van der Waals surface area contributed by atoms with Gasteiger partial charge in [-0.15, -0.1) is 0 Å². The first kappa shape index (κ1) is 21.2. The highest BCUT2D eigenvalue weighted by Crippen LogP contribution is 2.46. The van der Waals surface area contributed by atoms with E-state index >= 15 is 0 Å². The molecule has 0 fully saturated rings. The molecule has 1 atom stereocenters. The second-order valence-electron chi connectivity index (χ2n) is 6.06. The van der Waals surface area contributed by atoms with Gasteiger partial charge >= 0.3 is 12.0 Å². The standard InChI is InChI=1S/C18H22Cl2N2O5/c1-6-27-17(23)11-13(8(2)3)21-18(24)22-14(11)9-7-10(19)16(26-5)12(20)15(9)25-4/h7-8,14H,6H2,1-5H3,(H2,21,22,24). The van der Waals surface area contributed by atoms with Crippen molar-refractivity contribution in [3.05, 3.63) is 32.9 Å². The van der Waals surface area contributed by atoms with Crippen molar-refractivity contribution in [1.82, 2.24) is 10.6 Å².